The van der Waals surface area contributed by atoms with Crippen LogP contribution in [0.15, 0.2) is 12.1 Å². The van der Waals surface area contributed by atoms with E-state index in [2.05, 4.69) is 26.8 Å². The van der Waals surface area contributed by atoms with Gasteiger partial charge >= 0.3 is 0 Å². The van der Waals surface area contributed by atoms with E-state index in [9.17, 15) is 5.11 Å². The van der Waals surface area contributed by atoms with Crippen LogP contribution in [-0.2, 0) is 12.8 Å². The average molecular weight is 234 g/mol. The number of phenolic OH excluding ortho intramolecular Hbond substituents is 1. The van der Waals surface area contributed by atoms with Crippen LogP contribution in [0.4, 0.5) is 0 Å². The highest BCUT2D eigenvalue weighted by Crippen LogP contribution is 2.26. The van der Waals surface area contributed by atoms with Gasteiger partial charge in [-0.2, -0.15) is 0 Å². The van der Waals surface area contributed by atoms with E-state index in [0.717, 1.165) is 19.3 Å². The smallest absolute Gasteiger partial charge is 0.119 e. The molecule has 0 amide bonds. The zero-order valence-electron chi connectivity index (χ0n) is 11.6. The minimum absolute atomic E-state index is 0.482. The molecule has 0 aromatic heterocycles. The van der Waals surface area contributed by atoms with E-state index in [1.54, 1.807) is 0 Å². The topological polar surface area (TPSA) is 20.2 Å². The van der Waals surface area contributed by atoms with Gasteiger partial charge in [0.15, 0.2) is 0 Å². The van der Waals surface area contributed by atoms with Crippen molar-refractivity contribution in [2.75, 3.05) is 0 Å². The van der Waals surface area contributed by atoms with E-state index >= 15 is 0 Å². The Balaban J connectivity index is 2.78. The molecule has 0 aliphatic rings. The van der Waals surface area contributed by atoms with Crippen LogP contribution in [-0.4, -0.2) is 5.11 Å². The fourth-order valence-corrected chi connectivity index (χ4v) is 2.30. The van der Waals surface area contributed by atoms with Crippen LogP contribution in [0.3, 0.4) is 0 Å². The molecular formula is C16H26O. The molecule has 0 fully saturated rings. The molecule has 1 aromatic rings. The average Bonchev–Trinajstić information content (AvgIpc) is 2.32. The largest absolute Gasteiger partial charge is 0.508 e. The normalized spacial score (nSPS) is 10.8. The third-order valence-electron chi connectivity index (χ3n) is 3.52. The molecule has 0 saturated carbocycles. The minimum atomic E-state index is 0.482. The predicted molar refractivity (Wildman–Crippen MR) is 74.7 cm³/mol. The maximum atomic E-state index is 9.91. The third-order valence-corrected chi connectivity index (χ3v) is 3.52. The summed E-state index contributed by atoms with van der Waals surface area (Å²) in [5.74, 6) is 0.482. The maximum Gasteiger partial charge on any atom is 0.119 e. The van der Waals surface area contributed by atoms with Crippen LogP contribution in [0.1, 0.15) is 62.6 Å². The Kier molecular flexibility index (Phi) is 6.10. The summed E-state index contributed by atoms with van der Waals surface area (Å²) in [6.45, 7) is 6.58. The van der Waals surface area contributed by atoms with E-state index in [1.165, 1.54) is 42.4 Å². The number of hydrogen-bond acceptors (Lipinski definition) is 1. The number of aryl methyl sites for hydroxylation is 1. The van der Waals surface area contributed by atoms with Crippen LogP contribution in [0.5, 0.6) is 5.75 Å². The van der Waals surface area contributed by atoms with Gasteiger partial charge in [-0.1, -0.05) is 39.2 Å². The van der Waals surface area contributed by atoms with Crippen LogP contribution in [0.25, 0.3) is 0 Å². The monoisotopic (exact) mass is 234 g/mol. The number of unbranched alkanes of at least 4 members (excludes halogenated alkanes) is 3. The predicted octanol–water partition coefficient (Wildman–Crippen LogP) is 4.78. The maximum absolute atomic E-state index is 9.91. The molecule has 0 heterocycles. The fourth-order valence-electron chi connectivity index (χ4n) is 2.30. The Hall–Kier alpha value is -0.980. The summed E-state index contributed by atoms with van der Waals surface area (Å²) in [7, 11) is 0. The molecule has 0 radical (unpaired) electrons. The van der Waals surface area contributed by atoms with E-state index < -0.39 is 0 Å². The van der Waals surface area contributed by atoms with E-state index in [4.69, 9.17) is 0 Å². The zero-order valence-corrected chi connectivity index (χ0v) is 11.6. The Labute approximate surface area is 106 Å². The van der Waals surface area contributed by atoms with Gasteiger partial charge in [-0.15, -0.1) is 0 Å². The highest BCUT2D eigenvalue weighted by Gasteiger charge is 2.08. The standard InChI is InChI=1S/C16H26O/c1-4-6-8-9-14-11-12-16(17)15(13(14)3)10-7-5-2/h11-12,17H,4-10H2,1-3H3. The van der Waals surface area contributed by atoms with E-state index in [1.807, 2.05) is 6.07 Å². The fraction of sp³-hybridized carbons (Fsp3) is 0.625. The molecule has 0 bridgehead atoms. The molecule has 0 unspecified atom stereocenters. The molecule has 1 nitrogen and oxygen atoms in total. The highest BCUT2D eigenvalue weighted by atomic mass is 16.3. The summed E-state index contributed by atoms with van der Waals surface area (Å²) < 4.78 is 0. The second kappa shape index (κ2) is 7.37. The molecular weight excluding hydrogens is 208 g/mol. The first kappa shape index (κ1) is 14.1. The number of rotatable bonds is 7. The highest BCUT2D eigenvalue weighted by molar-refractivity contribution is 5.43. The first-order valence-electron chi connectivity index (χ1n) is 7.01. The zero-order chi connectivity index (χ0) is 12.7. The number of hydrogen-bond donors (Lipinski definition) is 1. The molecule has 0 atom stereocenters. The third kappa shape index (κ3) is 4.07. The van der Waals surface area contributed by atoms with Crippen LogP contribution < -0.4 is 0 Å². The molecule has 17 heavy (non-hydrogen) atoms. The van der Waals surface area contributed by atoms with Crippen molar-refractivity contribution in [1.29, 1.82) is 0 Å². The van der Waals surface area contributed by atoms with Crippen LogP contribution >= 0.6 is 0 Å². The quantitative estimate of drug-likeness (QED) is 0.673. The van der Waals surface area contributed by atoms with Gasteiger partial charge in [0, 0.05) is 0 Å². The van der Waals surface area contributed by atoms with Crippen molar-refractivity contribution < 1.29 is 5.11 Å². The number of benzene rings is 1. The first-order chi connectivity index (χ1) is 8.20. The summed E-state index contributed by atoms with van der Waals surface area (Å²) in [6, 6.07) is 3.97. The summed E-state index contributed by atoms with van der Waals surface area (Å²) in [4.78, 5) is 0. The van der Waals surface area contributed by atoms with Gasteiger partial charge in [-0.3, -0.25) is 0 Å². The molecule has 0 spiro atoms. The van der Waals surface area contributed by atoms with Crippen LogP contribution in [0.2, 0.25) is 0 Å². The van der Waals surface area contributed by atoms with Gasteiger partial charge < -0.3 is 5.11 Å². The lowest BCUT2D eigenvalue weighted by molar-refractivity contribution is 0.465. The molecule has 0 aliphatic heterocycles. The molecule has 0 saturated heterocycles. The minimum Gasteiger partial charge on any atom is -0.508 e. The van der Waals surface area contributed by atoms with Gasteiger partial charge in [0.1, 0.15) is 5.75 Å². The van der Waals surface area contributed by atoms with Crippen molar-refractivity contribution in [2.24, 2.45) is 0 Å². The van der Waals surface area contributed by atoms with Crippen molar-refractivity contribution in [3.63, 3.8) is 0 Å². The summed E-state index contributed by atoms with van der Waals surface area (Å²) in [5.41, 5.74) is 3.90. The lowest BCUT2D eigenvalue weighted by Crippen LogP contribution is -1.97. The molecule has 1 heteroatoms. The van der Waals surface area contributed by atoms with E-state index in [0.29, 0.717) is 5.75 Å². The van der Waals surface area contributed by atoms with Crippen molar-refractivity contribution in [2.45, 2.75) is 65.7 Å². The lowest BCUT2D eigenvalue weighted by Gasteiger charge is -2.13. The molecule has 1 N–H and O–H groups in total. The SMILES string of the molecule is CCCCCc1ccc(O)c(CCCC)c1C. The Bertz CT molecular complexity index is 342. The lowest BCUT2D eigenvalue weighted by atomic mass is 9.94. The van der Waals surface area contributed by atoms with Crippen LogP contribution in [0, 0.1) is 6.92 Å². The first-order valence-corrected chi connectivity index (χ1v) is 7.01. The molecule has 0 aliphatic carbocycles. The van der Waals surface area contributed by atoms with Gasteiger partial charge in [0.2, 0.25) is 0 Å². The summed E-state index contributed by atoms with van der Waals surface area (Å²) in [6.07, 6.45) is 8.32. The second-order valence-electron chi connectivity index (χ2n) is 4.91. The Morgan fingerprint density at radius 1 is 0.941 bits per heavy atom. The Morgan fingerprint density at radius 3 is 2.29 bits per heavy atom. The van der Waals surface area contributed by atoms with Gasteiger partial charge in [0.05, 0.1) is 0 Å². The van der Waals surface area contributed by atoms with Gasteiger partial charge in [-0.05, 0) is 55.4 Å². The van der Waals surface area contributed by atoms with Crippen molar-refractivity contribution in [1.82, 2.24) is 0 Å². The summed E-state index contributed by atoms with van der Waals surface area (Å²) in [5, 5.41) is 9.91. The second-order valence-corrected chi connectivity index (χ2v) is 4.91. The number of phenols is 1. The number of aromatic hydroxyl groups is 1. The van der Waals surface area contributed by atoms with E-state index in [-0.39, 0.29) is 0 Å². The summed E-state index contributed by atoms with van der Waals surface area (Å²) >= 11 is 0. The molecule has 96 valence electrons. The van der Waals surface area contributed by atoms with Crippen molar-refractivity contribution >= 4 is 0 Å². The molecule has 1 rings (SSSR count). The van der Waals surface area contributed by atoms with Crippen molar-refractivity contribution in [3.8, 4) is 5.75 Å². The van der Waals surface area contributed by atoms with Gasteiger partial charge in [0.25, 0.3) is 0 Å². The van der Waals surface area contributed by atoms with Crippen molar-refractivity contribution in [3.05, 3.63) is 28.8 Å². The molecule has 1 aromatic carbocycles. The Morgan fingerprint density at radius 2 is 1.65 bits per heavy atom. The van der Waals surface area contributed by atoms with Gasteiger partial charge in [-0.25, -0.2) is 0 Å².